The average molecular weight is 267 g/mol. The Kier molecular flexibility index (Phi) is 3.21. The van der Waals surface area contributed by atoms with Crippen LogP contribution in [0.15, 0.2) is 24.3 Å². The molecule has 1 aliphatic rings. The Bertz CT molecular complexity index is 571. The quantitative estimate of drug-likeness (QED) is 0.753. The van der Waals surface area contributed by atoms with Crippen LogP contribution in [0.5, 0.6) is 0 Å². The van der Waals surface area contributed by atoms with Crippen LogP contribution in [0.4, 0.5) is 0 Å². The molecule has 5 nitrogen and oxygen atoms in total. The number of fused-ring (bicyclic) bond motifs is 1. The topological polar surface area (TPSA) is 71.5 Å². The van der Waals surface area contributed by atoms with Crippen molar-refractivity contribution in [2.75, 3.05) is 18.6 Å². The normalized spacial score (nSPS) is 15.1. The molecule has 0 radical (unpaired) electrons. The van der Waals surface area contributed by atoms with Crippen molar-refractivity contribution in [2.24, 2.45) is 0 Å². The molecular weight excluding hydrogens is 254 g/mol. The largest absolute Gasteiger partial charge is 0.274 e. The molecule has 0 fully saturated rings. The van der Waals surface area contributed by atoms with Crippen LogP contribution in [0.25, 0.3) is 0 Å². The van der Waals surface area contributed by atoms with Crippen molar-refractivity contribution in [1.82, 2.24) is 4.90 Å². The monoisotopic (exact) mass is 267 g/mol. The Morgan fingerprint density at radius 2 is 1.56 bits per heavy atom. The molecule has 0 spiro atoms. The maximum atomic E-state index is 11.9. The van der Waals surface area contributed by atoms with Gasteiger partial charge in [-0.15, -0.1) is 0 Å². The Balaban J connectivity index is 2.10. The molecule has 1 aliphatic heterocycles. The molecule has 0 unspecified atom stereocenters. The van der Waals surface area contributed by atoms with E-state index in [1.165, 1.54) is 0 Å². The van der Waals surface area contributed by atoms with E-state index in [0.717, 1.165) is 11.2 Å². The van der Waals surface area contributed by atoms with Gasteiger partial charge in [0, 0.05) is 12.8 Å². The minimum Gasteiger partial charge on any atom is -0.274 e. The smallest absolute Gasteiger partial charge is 0.261 e. The van der Waals surface area contributed by atoms with Crippen LogP contribution < -0.4 is 0 Å². The summed E-state index contributed by atoms with van der Waals surface area (Å²) >= 11 is 0. The zero-order chi connectivity index (χ0) is 13.3. The minimum atomic E-state index is -3.07. The third-order valence-electron chi connectivity index (χ3n) is 2.78. The molecule has 0 N–H and O–H groups in total. The van der Waals surface area contributed by atoms with Crippen LogP contribution in [0.3, 0.4) is 0 Å². The number of sulfone groups is 1. The SMILES string of the molecule is CS(=O)(=O)CCCN1C(=O)c2ccccc2C1=O. The van der Waals surface area contributed by atoms with Crippen molar-refractivity contribution < 1.29 is 18.0 Å². The molecule has 0 saturated heterocycles. The van der Waals surface area contributed by atoms with E-state index in [0.29, 0.717) is 11.1 Å². The van der Waals surface area contributed by atoms with E-state index in [1.807, 2.05) is 0 Å². The second kappa shape index (κ2) is 4.53. The zero-order valence-corrected chi connectivity index (χ0v) is 10.7. The molecule has 1 aromatic carbocycles. The van der Waals surface area contributed by atoms with Gasteiger partial charge in [-0.2, -0.15) is 0 Å². The summed E-state index contributed by atoms with van der Waals surface area (Å²) in [6.45, 7) is 0.138. The third-order valence-corrected chi connectivity index (χ3v) is 3.81. The summed E-state index contributed by atoms with van der Waals surface area (Å²) < 4.78 is 22.0. The molecule has 2 rings (SSSR count). The van der Waals surface area contributed by atoms with Gasteiger partial charge in [0.25, 0.3) is 11.8 Å². The average Bonchev–Trinajstić information content (AvgIpc) is 2.53. The number of carbonyl (C=O) groups is 2. The standard InChI is InChI=1S/C12H13NO4S/c1-18(16,17)8-4-7-13-11(14)9-5-2-3-6-10(9)12(13)15/h2-3,5-6H,4,7-8H2,1H3. The van der Waals surface area contributed by atoms with Crippen LogP contribution in [-0.2, 0) is 9.84 Å². The Labute approximate surface area is 105 Å². The van der Waals surface area contributed by atoms with E-state index in [4.69, 9.17) is 0 Å². The first-order valence-electron chi connectivity index (χ1n) is 5.53. The molecular formula is C12H13NO4S. The Hall–Kier alpha value is -1.69. The molecule has 18 heavy (non-hydrogen) atoms. The van der Waals surface area contributed by atoms with E-state index in [-0.39, 0.29) is 30.5 Å². The fraction of sp³-hybridized carbons (Fsp3) is 0.333. The van der Waals surface area contributed by atoms with E-state index in [2.05, 4.69) is 0 Å². The van der Waals surface area contributed by atoms with Gasteiger partial charge in [-0.25, -0.2) is 8.42 Å². The first-order chi connectivity index (χ1) is 8.40. The molecule has 0 aliphatic carbocycles. The predicted molar refractivity (Wildman–Crippen MR) is 66.1 cm³/mol. The minimum absolute atomic E-state index is 0.0274. The highest BCUT2D eigenvalue weighted by Crippen LogP contribution is 2.22. The van der Waals surface area contributed by atoms with Crippen LogP contribution >= 0.6 is 0 Å². The fourth-order valence-electron chi connectivity index (χ4n) is 1.93. The van der Waals surface area contributed by atoms with E-state index in [9.17, 15) is 18.0 Å². The van der Waals surface area contributed by atoms with Gasteiger partial charge in [0.1, 0.15) is 9.84 Å². The Morgan fingerprint density at radius 3 is 2.00 bits per heavy atom. The first kappa shape index (κ1) is 12.8. The molecule has 96 valence electrons. The lowest BCUT2D eigenvalue weighted by molar-refractivity contribution is 0.0654. The molecule has 0 bridgehead atoms. The number of amides is 2. The molecule has 1 heterocycles. The highest BCUT2D eigenvalue weighted by Gasteiger charge is 2.34. The van der Waals surface area contributed by atoms with E-state index < -0.39 is 9.84 Å². The van der Waals surface area contributed by atoms with Crippen LogP contribution in [-0.4, -0.2) is 43.7 Å². The van der Waals surface area contributed by atoms with Crippen molar-refractivity contribution in [2.45, 2.75) is 6.42 Å². The molecule has 0 atom stereocenters. The second-order valence-electron chi connectivity index (χ2n) is 4.29. The number of hydrogen-bond donors (Lipinski definition) is 0. The van der Waals surface area contributed by atoms with Gasteiger partial charge >= 0.3 is 0 Å². The van der Waals surface area contributed by atoms with Crippen molar-refractivity contribution in [1.29, 1.82) is 0 Å². The van der Waals surface area contributed by atoms with Crippen LogP contribution in [0.1, 0.15) is 27.1 Å². The summed E-state index contributed by atoms with van der Waals surface area (Å²) in [5.74, 6) is -0.714. The lowest BCUT2D eigenvalue weighted by Gasteiger charge is -2.12. The second-order valence-corrected chi connectivity index (χ2v) is 6.55. The Morgan fingerprint density at radius 1 is 1.06 bits per heavy atom. The van der Waals surface area contributed by atoms with Crippen LogP contribution in [0.2, 0.25) is 0 Å². The maximum absolute atomic E-state index is 11.9. The van der Waals surface area contributed by atoms with Crippen molar-refractivity contribution in [3.8, 4) is 0 Å². The molecule has 6 heteroatoms. The summed E-state index contributed by atoms with van der Waals surface area (Å²) in [7, 11) is -3.07. The fourth-order valence-corrected chi connectivity index (χ4v) is 2.58. The number of rotatable bonds is 4. The highest BCUT2D eigenvalue weighted by atomic mass is 32.2. The van der Waals surface area contributed by atoms with Crippen molar-refractivity contribution in [3.63, 3.8) is 0 Å². The molecule has 1 aromatic rings. The summed E-state index contributed by atoms with van der Waals surface area (Å²) in [6, 6.07) is 6.60. The molecule has 0 aromatic heterocycles. The first-order valence-corrected chi connectivity index (χ1v) is 7.59. The maximum Gasteiger partial charge on any atom is 0.261 e. The summed E-state index contributed by atoms with van der Waals surface area (Å²) in [5, 5.41) is 0. The number of carbonyl (C=O) groups excluding carboxylic acids is 2. The van der Waals surface area contributed by atoms with Gasteiger partial charge in [-0.05, 0) is 18.6 Å². The number of hydrogen-bond acceptors (Lipinski definition) is 4. The summed E-state index contributed by atoms with van der Waals surface area (Å²) in [4.78, 5) is 24.9. The third kappa shape index (κ3) is 2.43. The van der Waals surface area contributed by atoms with Gasteiger partial charge in [-0.3, -0.25) is 14.5 Å². The van der Waals surface area contributed by atoms with Gasteiger partial charge in [0.05, 0.1) is 16.9 Å². The summed E-state index contributed by atoms with van der Waals surface area (Å²) in [5.41, 5.74) is 0.781. The number of imide groups is 1. The molecule has 0 saturated carbocycles. The number of benzene rings is 1. The van der Waals surface area contributed by atoms with Gasteiger partial charge in [0.15, 0.2) is 0 Å². The number of nitrogens with zero attached hydrogens (tertiary/aromatic N) is 1. The predicted octanol–water partition coefficient (Wildman–Crippen LogP) is 0.717. The zero-order valence-electron chi connectivity index (χ0n) is 9.92. The highest BCUT2D eigenvalue weighted by molar-refractivity contribution is 7.90. The molecule has 2 amide bonds. The van der Waals surface area contributed by atoms with Gasteiger partial charge in [0.2, 0.25) is 0 Å². The lowest BCUT2D eigenvalue weighted by Crippen LogP contribution is -2.31. The van der Waals surface area contributed by atoms with Crippen molar-refractivity contribution in [3.05, 3.63) is 35.4 Å². The van der Waals surface area contributed by atoms with Crippen LogP contribution in [0, 0.1) is 0 Å². The summed E-state index contributed by atoms with van der Waals surface area (Å²) in [6.07, 6.45) is 1.40. The van der Waals surface area contributed by atoms with E-state index in [1.54, 1.807) is 24.3 Å². The van der Waals surface area contributed by atoms with Gasteiger partial charge in [-0.1, -0.05) is 12.1 Å². The van der Waals surface area contributed by atoms with Gasteiger partial charge < -0.3 is 0 Å². The van der Waals surface area contributed by atoms with Crippen molar-refractivity contribution >= 4 is 21.7 Å². The lowest BCUT2D eigenvalue weighted by atomic mass is 10.1. The van der Waals surface area contributed by atoms with E-state index >= 15 is 0 Å².